The minimum absolute atomic E-state index is 0.146. The van der Waals surface area contributed by atoms with Crippen LogP contribution in [0.25, 0.3) is 33.5 Å². The first-order valence-corrected chi connectivity index (χ1v) is 12.7. The number of H-pyrrole nitrogens is 1. The van der Waals surface area contributed by atoms with Gasteiger partial charge in [0.05, 0.1) is 17.1 Å². The lowest BCUT2D eigenvalue weighted by atomic mass is 10.1. The molecule has 3 heterocycles. The Balaban J connectivity index is 1.40. The first-order valence-electron chi connectivity index (χ1n) is 11.9. The predicted molar refractivity (Wildman–Crippen MR) is 145 cm³/mol. The summed E-state index contributed by atoms with van der Waals surface area (Å²) in [6.45, 7) is 1.39. The standard InChI is InChI=1S/C28H20FN7O2S/c1-17(37)27-34-36(20-13-11-18(29)12-14-20)28(39-27)32-31-26(38)24-15-25(35(33-24)19-7-3-2-4-8-19)22-16-30-23-10-6-5-9-21(22)23/h2-16,30H,1H3,(H,31,38)/b32-28-. The zero-order valence-electron chi connectivity index (χ0n) is 20.5. The summed E-state index contributed by atoms with van der Waals surface area (Å²) in [6.07, 6.45) is 1.89. The van der Waals surface area contributed by atoms with E-state index in [-0.39, 0.29) is 21.3 Å². The van der Waals surface area contributed by atoms with Crippen molar-refractivity contribution in [3.63, 3.8) is 0 Å². The van der Waals surface area contributed by atoms with Crippen LogP contribution in [0.3, 0.4) is 0 Å². The van der Waals surface area contributed by atoms with Crippen LogP contribution < -0.4 is 10.2 Å². The fourth-order valence-corrected chi connectivity index (χ4v) is 4.90. The molecule has 192 valence electrons. The summed E-state index contributed by atoms with van der Waals surface area (Å²) in [4.78, 5) is 28.7. The van der Waals surface area contributed by atoms with Crippen molar-refractivity contribution in [2.24, 2.45) is 5.10 Å². The number of nitrogens with one attached hydrogen (secondary N) is 2. The lowest BCUT2D eigenvalue weighted by molar-refractivity contribution is 0.0946. The van der Waals surface area contributed by atoms with Crippen molar-refractivity contribution < 1.29 is 14.0 Å². The third-order valence-electron chi connectivity index (χ3n) is 5.99. The molecule has 3 aromatic heterocycles. The molecule has 0 unspecified atom stereocenters. The second-order valence-corrected chi connectivity index (χ2v) is 9.55. The molecule has 11 heteroatoms. The number of fused-ring (bicyclic) bond motifs is 1. The van der Waals surface area contributed by atoms with Crippen molar-refractivity contribution in [3.8, 4) is 22.6 Å². The summed E-state index contributed by atoms with van der Waals surface area (Å²) < 4.78 is 16.5. The van der Waals surface area contributed by atoms with Gasteiger partial charge in [0.15, 0.2) is 16.5 Å². The molecule has 0 bridgehead atoms. The van der Waals surface area contributed by atoms with Crippen molar-refractivity contribution in [2.45, 2.75) is 6.92 Å². The van der Waals surface area contributed by atoms with Gasteiger partial charge in [-0.05, 0) is 48.5 Å². The summed E-state index contributed by atoms with van der Waals surface area (Å²) >= 11 is 1.01. The number of Topliss-reactive ketones (excluding diaryl/α,β-unsaturated/α-hetero) is 1. The number of aromatic nitrogens is 5. The second kappa shape index (κ2) is 9.95. The highest BCUT2D eigenvalue weighted by Gasteiger charge is 2.19. The quantitative estimate of drug-likeness (QED) is 0.234. The van der Waals surface area contributed by atoms with E-state index in [9.17, 15) is 14.0 Å². The summed E-state index contributed by atoms with van der Waals surface area (Å²) in [5.74, 6) is -1.21. The number of hydrogen-bond acceptors (Lipinski definition) is 6. The van der Waals surface area contributed by atoms with Crippen molar-refractivity contribution in [2.75, 3.05) is 0 Å². The molecule has 0 spiro atoms. The highest BCUT2D eigenvalue weighted by Crippen LogP contribution is 2.31. The van der Waals surface area contributed by atoms with E-state index in [4.69, 9.17) is 0 Å². The van der Waals surface area contributed by atoms with Crippen LogP contribution in [0, 0.1) is 5.82 Å². The first-order chi connectivity index (χ1) is 19.0. The smallest absolute Gasteiger partial charge is 0.291 e. The monoisotopic (exact) mass is 537 g/mol. The molecule has 2 N–H and O–H groups in total. The molecule has 0 atom stereocenters. The van der Waals surface area contributed by atoms with Crippen LogP contribution in [-0.4, -0.2) is 36.2 Å². The molecule has 0 saturated carbocycles. The number of para-hydroxylation sites is 2. The maximum atomic E-state index is 13.5. The molecular weight excluding hydrogens is 517 g/mol. The van der Waals surface area contributed by atoms with Crippen molar-refractivity contribution in [3.05, 3.63) is 112 Å². The van der Waals surface area contributed by atoms with Gasteiger partial charge < -0.3 is 4.98 Å². The van der Waals surface area contributed by atoms with Gasteiger partial charge >= 0.3 is 0 Å². The Morgan fingerprint density at radius 2 is 1.64 bits per heavy atom. The molecule has 0 aliphatic heterocycles. The van der Waals surface area contributed by atoms with Crippen molar-refractivity contribution >= 4 is 33.9 Å². The Morgan fingerprint density at radius 3 is 2.41 bits per heavy atom. The van der Waals surface area contributed by atoms with Gasteiger partial charge in [-0.25, -0.2) is 19.2 Å². The maximum absolute atomic E-state index is 13.5. The Morgan fingerprint density at radius 1 is 0.923 bits per heavy atom. The van der Waals surface area contributed by atoms with Crippen molar-refractivity contribution in [1.82, 2.24) is 30.0 Å². The maximum Gasteiger partial charge on any atom is 0.291 e. The Labute approximate surface area is 224 Å². The number of aromatic amines is 1. The van der Waals surface area contributed by atoms with E-state index >= 15 is 0 Å². The van der Waals surface area contributed by atoms with E-state index in [0.717, 1.165) is 39.2 Å². The van der Waals surface area contributed by atoms with Gasteiger partial charge in [-0.3, -0.25) is 9.59 Å². The van der Waals surface area contributed by atoms with Crippen LogP contribution in [0.4, 0.5) is 4.39 Å². The average molecular weight is 538 g/mol. The van der Waals surface area contributed by atoms with Gasteiger partial charge in [0.2, 0.25) is 4.80 Å². The van der Waals surface area contributed by atoms with Crippen LogP contribution in [0.15, 0.2) is 96.2 Å². The number of benzene rings is 3. The largest absolute Gasteiger partial charge is 0.360 e. The zero-order chi connectivity index (χ0) is 26.9. The van der Waals surface area contributed by atoms with E-state index < -0.39 is 11.7 Å². The fourth-order valence-electron chi connectivity index (χ4n) is 4.14. The van der Waals surface area contributed by atoms with Gasteiger partial charge in [-0.1, -0.05) is 47.7 Å². The number of rotatable bonds is 6. The summed E-state index contributed by atoms with van der Waals surface area (Å²) in [7, 11) is 0. The van der Waals surface area contributed by atoms with Gasteiger partial charge in [-0.15, -0.1) is 5.10 Å². The minimum Gasteiger partial charge on any atom is -0.360 e. The number of carbonyl (C=O) groups is 2. The van der Waals surface area contributed by atoms with E-state index in [0.29, 0.717) is 5.69 Å². The van der Waals surface area contributed by atoms with Crippen LogP contribution in [0.1, 0.15) is 27.2 Å². The Bertz CT molecular complexity index is 1900. The van der Waals surface area contributed by atoms with Crippen LogP contribution in [-0.2, 0) is 0 Å². The normalized spacial score (nSPS) is 11.7. The molecule has 0 fully saturated rings. The lowest BCUT2D eigenvalue weighted by Crippen LogP contribution is -2.24. The van der Waals surface area contributed by atoms with Crippen LogP contribution in [0.2, 0.25) is 0 Å². The summed E-state index contributed by atoms with van der Waals surface area (Å²) in [5.41, 5.74) is 6.53. The summed E-state index contributed by atoms with van der Waals surface area (Å²) in [6, 6.07) is 24.7. The molecule has 6 aromatic rings. The van der Waals surface area contributed by atoms with Gasteiger partial charge in [-0.2, -0.15) is 10.2 Å². The lowest BCUT2D eigenvalue weighted by Gasteiger charge is -2.06. The third kappa shape index (κ3) is 4.66. The summed E-state index contributed by atoms with van der Waals surface area (Å²) in [5, 5.41) is 14.3. The predicted octanol–water partition coefficient (Wildman–Crippen LogP) is 4.86. The average Bonchev–Trinajstić information content (AvgIpc) is 3.69. The van der Waals surface area contributed by atoms with E-state index in [2.05, 4.69) is 25.7 Å². The van der Waals surface area contributed by atoms with Gasteiger partial charge in [0.25, 0.3) is 5.91 Å². The number of carbonyl (C=O) groups excluding carboxylic acids is 2. The second-order valence-electron chi connectivity index (χ2n) is 8.60. The first kappa shape index (κ1) is 24.2. The van der Waals surface area contributed by atoms with E-state index in [1.54, 1.807) is 10.7 Å². The van der Waals surface area contributed by atoms with Crippen molar-refractivity contribution in [1.29, 1.82) is 0 Å². The SMILES string of the molecule is CC(=O)c1nn(-c2ccc(F)cc2)/c(=N/NC(=O)c2cc(-c3c[nH]c4ccccc34)n(-c3ccccc3)n2)s1. The molecule has 9 nitrogen and oxygen atoms in total. The number of nitrogens with zero attached hydrogens (tertiary/aromatic N) is 5. The fraction of sp³-hybridized carbons (Fsp3) is 0.0357. The molecule has 0 saturated heterocycles. The molecule has 39 heavy (non-hydrogen) atoms. The Kier molecular flexibility index (Phi) is 6.17. The number of amides is 1. The van der Waals surface area contributed by atoms with Gasteiger partial charge in [0, 0.05) is 29.6 Å². The number of hydrogen-bond donors (Lipinski definition) is 2. The molecule has 0 radical (unpaired) electrons. The molecule has 3 aromatic carbocycles. The molecular formula is C28H20FN7O2S. The Hall–Kier alpha value is -5.16. The molecule has 0 aliphatic rings. The number of ketones is 1. The van der Waals surface area contributed by atoms with Gasteiger partial charge in [0.1, 0.15) is 5.82 Å². The van der Waals surface area contributed by atoms with Crippen LogP contribution >= 0.6 is 11.3 Å². The van der Waals surface area contributed by atoms with Crippen LogP contribution in [0.5, 0.6) is 0 Å². The van der Waals surface area contributed by atoms with E-state index in [1.165, 1.54) is 35.9 Å². The molecule has 0 aliphatic carbocycles. The minimum atomic E-state index is -0.547. The number of halogens is 1. The highest BCUT2D eigenvalue weighted by atomic mass is 32.1. The highest BCUT2D eigenvalue weighted by molar-refractivity contribution is 7.10. The molecule has 1 amide bonds. The third-order valence-corrected chi connectivity index (χ3v) is 7.00. The molecule has 6 rings (SSSR count). The zero-order valence-corrected chi connectivity index (χ0v) is 21.3. The topological polar surface area (TPSA) is 110 Å². The van der Waals surface area contributed by atoms with E-state index in [1.807, 2.05) is 60.8 Å².